The lowest BCUT2D eigenvalue weighted by Gasteiger charge is -2.10. The van der Waals surface area contributed by atoms with E-state index in [-0.39, 0.29) is 12.6 Å². The van der Waals surface area contributed by atoms with Gasteiger partial charge in [0.25, 0.3) is 0 Å². The third kappa shape index (κ3) is 1.97. The molecule has 0 atom stereocenters. The highest BCUT2D eigenvalue weighted by Gasteiger charge is 2.20. The van der Waals surface area contributed by atoms with E-state index in [0.717, 1.165) is 6.20 Å². The summed E-state index contributed by atoms with van der Waals surface area (Å²) in [5.41, 5.74) is 0.605. The summed E-state index contributed by atoms with van der Waals surface area (Å²) in [7, 11) is 3.12. The van der Waals surface area contributed by atoms with Gasteiger partial charge in [-0.2, -0.15) is 0 Å². The van der Waals surface area contributed by atoms with Gasteiger partial charge in [0, 0.05) is 13.1 Å². The van der Waals surface area contributed by atoms with Crippen LogP contribution in [-0.2, 0) is 0 Å². The fourth-order valence-corrected chi connectivity index (χ4v) is 1.94. The lowest BCUT2D eigenvalue weighted by Crippen LogP contribution is -2.01. The molecular weight excluding hydrogens is 265 g/mol. The van der Waals surface area contributed by atoms with Gasteiger partial charge in [-0.15, -0.1) is 0 Å². The summed E-state index contributed by atoms with van der Waals surface area (Å²) >= 11 is 0. The third-order valence-electron chi connectivity index (χ3n) is 2.92. The maximum Gasteiger partial charge on any atom is 0.231 e. The first kappa shape index (κ1) is 12.5. The van der Waals surface area contributed by atoms with E-state index in [1.165, 1.54) is 7.11 Å². The largest absolute Gasteiger partial charge is 0.496 e. The molecule has 0 bridgehead atoms. The van der Waals surface area contributed by atoms with Crippen molar-refractivity contribution < 1.29 is 18.6 Å². The molecule has 3 rings (SSSR count). The molecule has 1 aromatic carbocycles. The van der Waals surface area contributed by atoms with Crippen molar-refractivity contribution in [1.82, 2.24) is 9.97 Å². The molecule has 104 valence electrons. The highest BCUT2D eigenvalue weighted by atomic mass is 19.1. The van der Waals surface area contributed by atoms with Gasteiger partial charge in [-0.3, -0.25) is 0 Å². The lowest BCUT2D eigenvalue weighted by molar-refractivity contribution is 0.174. The van der Waals surface area contributed by atoms with Gasteiger partial charge in [-0.05, 0) is 6.07 Å². The minimum Gasteiger partial charge on any atom is -0.496 e. The van der Waals surface area contributed by atoms with E-state index in [4.69, 9.17) is 14.2 Å². The molecule has 0 unspecified atom stereocenters. The number of nitrogens with one attached hydrogen (secondary N) is 1. The Kier molecular flexibility index (Phi) is 3.02. The predicted octanol–water partition coefficient (Wildman–Crippen LogP) is 2.06. The molecule has 0 spiro atoms. The monoisotopic (exact) mass is 277 g/mol. The van der Waals surface area contributed by atoms with E-state index in [9.17, 15) is 4.39 Å². The second-order valence-electron chi connectivity index (χ2n) is 4.05. The lowest BCUT2D eigenvalue weighted by atomic mass is 10.1. The van der Waals surface area contributed by atoms with Crippen LogP contribution in [0.25, 0.3) is 11.4 Å². The normalized spacial score (nSPS) is 12.3. The smallest absolute Gasteiger partial charge is 0.231 e. The zero-order valence-electron chi connectivity index (χ0n) is 10.9. The number of hydrogen-bond acceptors (Lipinski definition) is 6. The second-order valence-corrected chi connectivity index (χ2v) is 4.05. The summed E-state index contributed by atoms with van der Waals surface area (Å²) in [6.45, 7) is 0.161. The molecule has 20 heavy (non-hydrogen) atoms. The van der Waals surface area contributed by atoms with Crippen molar-refractivity contribution in [3.8, 4) is 28.6 Å². The van der Waals surface area contributed by atoms with E-state index >= 15 is 0 Å². The molecule has 1 N–H and O–H groups in total. The fourth-order valence-electron chi connectivity index (χ4n) is 1.94. The number of benzene rings is 1. The number of fused-ring (bicyclic) bond motifs is 1. The van der Waals surface area contributed by atoms with Gasteiger partial charge in [0.05, 0.1) is 18.9 Å². The van der Waals surface area contributed by atoms with Crippen molar-refractivity contribution in [2.75, 3.05) is 26.3 Å². The molecule has 7 heteroatoms. The first-order chi connectivity index (χ1) is 9.72. The number of nitrogens with zero attached hydrogens (tertiary/aromatic N) is 2. The SMILES string of the molecule is CNc1nc(-c2cc3c(cc2OC)OCO3)ncc1F. The molecular formula is C13H12FN3O3. The molecule has 1 aromatic heterocycles. The van der Waals surface area contributed by atoms with Gasteiger partial charge >= 0.3 is 0 Å². The first-order valence-electron chi connectivity index (χ1n) is 5.91. The molecule has 2 heterocycles. The van der Waals surface area contributed by atoms with E-state index in [2.05, 4.69) is 15.3 Å². The summed E-state index contributed by atoms with van der Waals surface area (Å²) in [5.74, 6) is 1.65. The minimum atomic E-state index is -0.518. The van der Waals surface area contributed by atoms with Gasteiger partial charge in [0.2, 0.25) is 6.79 Å². The van der Waals surface area contributed by atoms with E-state index in [0.29, 0.717) is 28.6 Å². The molecule has 0 amide bonds. The molecule has 0 aliphatic carbocycles. The Morgan fingerprint density at radius 3 is 2.75 bits per heavy atom. The quantitative estimate of drug-likeness (QED) is 0.926. The Morgan fingerprint density at radius 2 is 2.05 bits per heavy atom. The zero-order chi connectivity index (χ0) is 14.1. The van der Waals surface area contributed by atoms with Crippen molar-refractivity contribution in [3.63, 3.8) is 0 Å². The van der Waals surface area contributed by atoms with Crippen LogP contribution in [0.1, 0.15) is 0 Å². The zero-order valence-corrected chi connectivity index (χ0v) is 10.9. The second kappa shape index (κ2) is 4.84. The topological polar surface area (TPSA) is 65.5 Å². The Morgan fingerprint density at radius 1 is 1.30 bits per heavy atom. The molecule has 0 saturated carbocycles. The molecule has 0 saturated heterocycles. The summed E-state index contributed by atoms with van der Waals surface area (Å²) in [6.07, 6.45) is 1.11. The Labute approximate surface area is 114 Å². The van der Waals surface area contributed by atoms with Gasteiger partial charge in [0.15, 0.2) is 29.0 Å². The molecule has 1 aliphatic rings. The molecule has 0 fully saturated rings. The van der Waals surface area contributed by atoms with Crippen LogP contribution in [0.2, 0.25) is 0 Å². The van der Waals surface area contributed by atoms with Crippen LogP contribution >= 0.6 is 0 Å². The average molecular weight is 277 g/mol. The highest BCUT2D eigenvalue weighted by molar-refractivity contribution is 5.70. The first-order valence-corrected chi connectivity index (χ1v) is 5.91. The van der Waals surface area contributed by atoms with Crippen LogP contribution in [0, 0.1) is 5.82 Å². The van der Waals surface area contributed by atoms with Gasteiger partial charge < -0.3 is 19.5 Å². The van der Waals surface area contributed by atoms with Gasteiger partial charge in [-0.1, -0.05) is 0 Å². The van der Waals surface area contributed by atoms with Crippen molar-refractivity contribution in [2.45, 2.75) is 0 Å². The minimum absolute atomic E-state index is 0.120. The average Bonchev–Trinajstić information content (AvgIpc) is 2.93. The van der Waals surface area contributed by atoms with E-state index in [1.54, 1.807) is 19.2 Å². The maximum atomic E-state index is 13.4. The van der Waals surface area contributed by atoms with E-state index in [1.807, 2.05) is 0 Å². The molecule has 1 aliphatic heterocycles. The number of halogens is 1. The van der Waals surface area contributed by atoms with Crippen LogP contribution in [-0.4, -0.2) is 30.9 Å². The molecule has 0 radical (unpaired) electrons. The maximum absolute atomic E-state index is 13.4. The number of anilines is 1. The van der Waals surface area contributed by atoms with Crippen LogP contribution in [0.4, 0.5) is 10.2 Å². The van der Waals surface area contributed by atoms with Crippen LogP contribution in [0.15, 0.2) is 18.3 Å². The van der Waals surface area contributed by atoms with Gasteiger partial charge in [-0.25, -0.2) is 14.4 Å². The van der Waals surface area contributed by atoms with Crippen LogP contribution in [0.3, 0.4) is 0 Å². The Hall–Kier alpha value is -2.57. The highest BCUT2D eigenvalue weighted by Crippen LogP contribution is 2.41. The number of ether oxygens (including phenoxy) is 3. The van der Waals surface area contributed by atoms with Crippen molar-refractivity contribution in [3.05, 3.63) is 24.1 Å². The molecule has 6 nitrogen and oxygen atoms in total. The summed E-state index contributed by atoms with van der Waals surface area (Å²) < 4.78 is 29.3. The van der Waals surface area contributed by atoms with Crippen molar-refractivity contribution in [2.24, 2.45) is 0 Å². The van der Waals surface area contributed by atoms with Crippen molar-refractivity contribution in [1.29, 1.82) is 0 Å². The Balaban J connectivity index is 2.13. The summed E-state index contributed by atoms with van der Waals surface area (Å²) in [5, 5.41) is 2.67. The van der Waals surface area contributed by atoms with Crippen molar-refractivity contribution >= 4 is 5.82 Å². The fraction of sp³-hybridized carbons (Fsp3) is 0.231. The number of methoxy groups -OCH3 is 1. The standard InChI is InChI=1S/C13H12FN3O3/c1-15-13-8(14)5-16-12(17-13)7-3-10-11(20-6-19-10)4-9(7)18-2/h3-5H,6H2,1-2H3,(H,15,16,17). The van der Waals surface area contributed by atoms with Crippen LogP contribution in [0.5, 0.6) is 17.2 Å². The summed E-state index contributed by atoms with van der Waals surface area (Å²) in [6, 6.07) is 3.41. The number of aromatic nitrogens is 2. The third-order valence-corrected chi connectivity index (χ3v) is 2.92. The predicted molar refractivity (Wildman–Crippen MR) is 69.6 cm³/mol. The molecule has 2 aromatic rings. The van der Waals surface area contributed by atoms with Gasteiger partial charge in [0.1, 0.15) is 5.75 Å². The Bertz CT molecular complexity index is 664. The number of hydrogen-bond donors (Lipinski definition) is 1. The summed E-state index contributed by atoms with van der Waals surface area (Å²) in [4.78, 5) is 8.11. The van der Waals surface area contributed by atoms with Crippen LogP contribution < -0.4 is 19.5 Å². The number of rotatable bonds is 3. The van der Waals surface area contributed by atoms with E-state index < -0.39 is 5.82 Å².